The van der Waals surface area contributed by atoms with E-state index in [1.165, 1.54) is 0 Å². The van der Waals surface area contributed by atoms with Gasteiger partial charge in [0.15, 0.2) is 0 Å². The lowest BCUT2D eigenvalue weighted by molar-refractivity contribution is -0.133. The number of sulfonamides is 1. The fourth-order valence-corrected chi connectivity index (χ4v) is 5.36. The second-order valence-corrected chi connectivity index (χ2v) is 9.70. The van der Waals surface area contributed by atoms with Crippen LogP contribution in [0.1, 0.15) is 37.3 Å². The summed E-state index contributed by atoms with van der Waals surface area (Å²) < 4.78 is 27.5. The van der Waals surface area contributed by atoms with E-state index in [1.54, 1.807) is 24.3 Å². The highest BCUT2D eigenvalue weighted by molar-refractivity contribution is 7.90. The summed E-state index contributed by atoms with van der Waals surface area (Å²) in [6.07, 6.45) is 2.35. The van der Waals surface area contributed by atoms with Gasteiger partial charge in [0, 0.05) is 37.9 Å². The van der Waals surface area contributed by atoms with Gasteiger partial charge in [-0.15, -0.1) is 0 Å². The highest BCUT2D eigenvalue weighted by Crippen LogP contribution is 2.26. The minimum absolute atomic E-state index is 0.0605. The highest BCUT2D eigenvalue weighted by Gasteiger charge is 2.33. The van der Waals surface area contributed by atoms with Crippen molar-refractivity contribution in [2.24, 2.45) is 4.99 Å². The van der Waals surface area contributed by atoms with Crippen molar-refractivity contribution in [3.8, 4) is 0 Å². The zero-order chi connectivity index (χ0) is 22.0. The van der Waals surface area contributed by atoms with Crippen LogP contribution in [-0.2, 0) is 21.4 Å². The number of likely N-dealkylation sites (N-methyl/N-ethyl adjacent to an activating group) is 1. The molecule has 2 aromatic rings. The summed E-state index contributed by atoms with van der Waals surface area (Å²) in [5.41, 5.74) is 2.76. The van der Waals surface area contributed by atoms with E-state index >= 15 is 0 Å². The summed E-state index contributed by atoms with van der Waals surface area (Å²) >= 11 is 0. The first-order valence-corrected chi connectivity index (χ1v) is 12.2. The van der Waals surface area contributed by atoms with Crippen LogP contribution in [0.3, 0.4) is 0 Å². The second kappa shape index (κ2) is 8.70. The third-order valence-electron chi connectivity index (χ3n) is 5.84. The maximum Gasteiger partial charge on any atom is 0.263 e. The predicted octanol–water partition coefficient (Wildman–Crippen LogP) is 2.76. The SMILES string of the molecule is CCCCC(N=C1NS(=O)(=O)c2ccccc21)C(=O)N1CCN(C)c2ccccc2C1. The molecule has 7 nitrogen and oxygen atoms in total. The average Bonchev–Trinajstić information content (AvgIpc) is 2.91. The zero-order valence-electron chi connectivity index (χ0n) is 17.9. The second-order valence-electron chi connectivity index (χ2n) is 8.05. The number of benzene rings is 2. The van der Waals surface area contributed by atoms with Gasteiger partial charge >= 0.3 is 0 Å². The van der Waals surface area contributed by atoms with Gasteiger partial charge in [0.2, 0.25) is 5.91 Å². The predicted molar refractivity (Wildman–Crippen MR) is 122 cm³/mol. The molecule has 1 unspecified atom stereocenters. The molecule has 8 heteroatoms. The van der Waals surface area contributed by atoms with Crippen LogP contribution in [0.5, 0.6) is 0 Å². The van der Waals surface area contributed by atoms with E-state index in [0.29, 0.717) is 25.1 Å². The molecule has 0 radical (unpaired) electrons. The molecule has 31 heavy (non-hydrogen) atoms. The Hall–Kier alpha value is -2.87. The largest absolute Gasteiger partial charge is 0.373 e. The van der Waals surface area contributed by atoms with Gasteiger partial charge in [0.05, 0.1) is 4.90 Å². The van der Waals surface area contributed by atoms with Gasteiger partial charge in [-0.05, 0) is 30.2 Å². The van der Waals surface area contributed by atoms with E-state index in [-0.39, 0.29) is 16.6 Å². The number of amides is 1. The number of rotatable bonds is 5. The molecule has 0 spiro atoms. The van der Waals surface area contributed by atoms with Crippen LogP contribution in [0.25, 0.3) is 0 Å². The summed E-state index contributed by atoms with van der Waals surface area (Å²) in [5, 5.41) is 0. The number of nitrogens with one attached hydrogen (secondary N) is 1. The first-order chi connectivity index (χ1) is 14.9. The molecule has 0 saturated heterocycles. The van der Waals surface area contributed by atoms with E-state index < -0.39 is 16.1 Å². The molecule has 0 fully saturated rings. The normalized spacial score (nSPS) is 19.4. The summed E-state index contributed by atoms with van der Waals surface area (Å²) in [6.45, 7) is 3.92. The molecule has 164 valence electrons. The number of anilines is 1. The number of unbranched alkanes of at least 4 members (excludes halogenated alkanes) is 1. The molecule has 0 aliphatic carbocycles. The third-order valence-corrected chi connectivity index (χ3v) is 7.24. The molecule has 2 aliphatic heterocycles. The van der Waals surface area contributed by atoms with Crippen LogP contribution in [-0.4, -0.2) is 51.2 Å². The number of para-hydroxylation sites is 1. The molecular formula is C23H28N4O3S. The van der Waals surface area contributed by atoms with Crippen LogP contribution in [0.15, 0.2) is 58.4 Å². The van der Waals surface area contributed by atoms with Crippen molar-refractivity contribution < 1.29 is 13.2 Å². The minimum Gasteiger partial charge on any atom is -0.373 e. The molecule has 2 aliphatic rings. The van der Waals surface area contributed by atoms with Gasteiger partial charge in [-0.1, -0.05) is 50.1 Å². The quantitative estimate of drug-likeness (QED) is 0.775. The minimum atomic E-state index is -3.64. The van der Waals surface area contributed by atoms with E-state index in [9.17, 15) is 13.2 Å². The Morgan fingerprint density at radius 1 is 1.13 bits per heavy atom. The van der Waals surface area contributed by atoms with Crippen molar-refractivity contribution in [1.29, 1.82) is 0 Å². The number of amidine groups is 1. The van der Waals surface area contributed by atoms with Crippen molar-refractivity contribution in [1.82, 2.24) is 9.62 Å². The lowest BCUT2D eigenvalue weighted by Crippen LogP contribution is -2.41. The first kappa shape index (κ1) is 21.4. The fourth-order valence-electron chi connectivity index (χ4n) is 4.12. The number of fused-ring (bicyclic) bond motifs is 2. The van der Waals surface area contributed by atoms with Gasteiger partial charge < -0.3 is 9.80 Å². The molecular weight excluding hydrogens is 412 g/mol. The van der Waals surface area contributed by atoms with Crippen LogP contribution in [0.2, 0.25) is 0 Å². The van der Waals surface area contributed by atoms with Gasteiger partial charge in [-0.3, -0.25) is 14.5 Å². The van der Waals surface area contributed by atoms with Gasteiger partial charge in [-0.25, -0.2) is 8.42 Å². The number of carbonyl (C=O) groups excluding carboxylic acids is 1. The Morgan fingerprint density at radius 3 is 2.68 bits per heavy atom. The summed E-state index contributed by atoms with van der Waals surface area (Å²) in [6, 6.07) is 14.2. The Balaban J connectivity index is 1.65. The van der Waals surface area contributed by atoms with Crippen molar-refractivity contribution in [2.45, 2.75) is 43.7 Å². The van der Waals surface area contributed by atoms with Crippen LogP contribution in [0.4, 0.5) is 5.69 Å². The standard InChI is InChI=1S/C23H28N4O3S/c1-3-4-11-19(24-22-18-10-6-8-13-21(18)31(29,30)25-22)23(28)27-15-14-26(2)20-12-7-5-9-17(20)16-27/h5-10,12-13,19H,3-4,11,14-16H2,1-2H3,(H,24,25). The topological polar surface area (TPSA) is 82.1 Å². The van der Waals surface area contributed by atoms with E-state index in [1.807, 2.05) is 30.1 Å². The molecule has 2 heterocycles. The van der Waals surface area contributed by atoms with Crippen LogP contribution < -0.4 is 9.62 Å². The number of hydrogen-bond donors (Lipinski definition) is 1. The average molecular weight is 441 g/mol. The fraction of sp³-hybridized carbons (Fsp3) is 0.391. The molecule has 4 rings (SSSR count). The lowest BCUT2D eigenvalue weighted by Gasteiger charge is -2.25. The van der Waals surface area contributed by atoms with E-state index in [0.717, 1.165) is 30.6 Å². The zero-order valence-corrected chi connectivity index (χ0v) is 18.7. The molecule has 1 amide bonds. The summed E-state index contributed by atoms with van der Waals surface area (Å²) in [5.74, 6) is 0.201. The van der Waals surface area contributed by atoms with Gasteiger partial charge in [-0.2, -0.15) is 0 Å². The number of hydrogen-bond acceptors (Lipinski definition) is 5. The van der Waals surface area contributed by atoms with Crippen LogP contribution >= 0.6 is 0 Å². The van der Waals surface area contributed by atoms with E-state index in [2.05, 4.69) is 27.6 Å². The Bertz CT molecular complexity index is 1110. The molecule has 2 aromatic carbocycles. The summed E-state index contributed by atoms with van der Waals surface area (Å²) in [7, 11) is -1.60. The third kappa shape index (κ3) is 4.30. The first-order valence-electron chi connectivity index (χ1n) is 10.7. The maximum absolute atomic E-state index is 13.6. The molecule has 0 aromatic heterocycles. The van der Waals surface area contributed by atoms with Gasteiger partial charge in [0.1, 0.15) is 11.9 Å². The van der Waals surface area contributed by atoms with E-state index in [4.69, 9.17) is 0 Å². The number of aliphatic imine (C=N–C) groups is 1. The molecule has 1 N–H and O–H groups in total. The Labute approximate surface area is 183 Å². The highest BCUT2D eigenvalue weighted by atomic mass is 32.2. The number of nitrogens with zero attached hydrogens (tertiary/aromatic N) is 3. The number of carbonyl (C=O) groups is 1. The molecule has 0 bridgehead atoms. The van der Waals surface area contributed by atoms with Crippen molar-refractivity contribution in [3.63, 3.8) is 0 Å². The van der Waals surface area contributed by atoms with Crippen molar-refractivity contribution in [3.05, 3.63) is 59.7 Å². The lowest BCUT2D eigenvalue weighted by atomic mass is 10.1. The van der Waals surface area contributed by atoms with Gasteiger partial charge in [0.25, 0.3) is 10.0 Å². The monoisotopic (exact) mass is 440 g/mol. The Kier molecular flexibility index (Phi) is 6.00. The smallest absolute Gasteiger partial charge is 0.263 e. The Morgan fingerprint density at radius 2 is 1.87 bits per heavy atom. The molecule has 0 saturated carbocycles. The van der Waals surface area contributed by atoms with Crippen molar-refractivity contribution in [2.75, 3.05) is 25.0 Å². The van der Waals surface area contributed by atoms with Crippen molar-refractivity contribution >= 4 is 27.5 Å². The van der Waals surface area contributed by atoms with Crippen LogP contribution in [0, 0.1) is 0 Å². The molecule has 1 atom stereocenters. The maximum atomic E-state index is 13.6. The summed E-state index contributed by atoms with van der Waals surface area (Å²) in [4.78, 5) is 22.4.